The molecule has 1 aliphatic rings. The maximum atomic E-state index is 12.4. The van der Waals surface area contributed by atoms with Gasteiger partial charge >= 0.3 is 11.9 Å². The summed E-state index contributed by atoms with van der Waals surface area (Å²) in [5, 5.41) is 0. The minimum atomic E-state index is -0.115. The molecule has 0 amide bonds. The van der Waals surface area contributed by atoms with Gasteiger partial charge in [0.1, 0.15) is 13.2 Å². The van der Waals surface area contributed by atoms with Gasteiger partial charge < -0.3 is 28.7 Å². The van der Waals surface area contributed by atoms with Crippen LogP contribution in [-0.2, 0) is 28.5 Å². The van der Waals surface area contributed by atoms with Crippen LogP contribution < -0.4 is 0 Å². The lowest BCUT2D eigenvalue weighted by molar-refractivity contribution is -0.144. The Hall–Kier alpha value is 0.180. The van der Waals surface area contributed by atoms with E-state index in [-0.39, 0.29) is 20.1 Å². The Bertz CT molecular complexity index is 911. The number of unbranched alkanes of at least 4 members (excludes halogenated alkanes) is 18. The third kappa shape index (κ3) is 38.6. The Labute approximate surface area is 388 Å². The third-order valence-corrected chi connectivity index (χ3v) is 16.6. The molecule has 1 fully saturated rings. The first kappa shape index (κ1) is 58.2. The van der Waals surface area contributed by atoms with Crippen molar-refractivity contribution in [2.45, 2.75) is 191 Å². The molecule has 0 unspecified atom stereocenters. The fourth-order valence-corrected chi connectivity index (χ4v) is 11.5. The fourth-order valence-electron chi connectivity index (χ4n) is 7.13. The maximum Gasteiger partial charge on any atom is 0.307 e. The Morgan fingerprint density at radius 1 is 0.417 bits per heavy atom. The van der Waals surface area contributed by atoms with Crippen LogP contribution in [0.15, 0.2) is 0 Å². The van der Waals surface area contributed by atoms with Crippen molar-refractivity contribution >= 4 is 59.0 Å². The molecule has 0 aromatic heterocycles. The van der Waals surface area contributed by atoms with E-state index in [0.717, 1.165) is 88.7 Å². The molecule has 8 nitrogen and oxygen atoms in total. The van der Waals surface area contributed by atoms with E-state index in [2.05, 4.69) is 51.3 Å². The number of nitrogens with zero attached hydrogens (tertiary/aromatic N) is 2. The zero-order valence-electron chi connectivity index (χ0n) is 39.8. The van der Waals surface area contributed by atoms with Crippen molar-refractivity contribution in [1.82, 2.24) is 9.80 Å². The lowest BCUT2D eigenvalue weighted by Crippen LogP contribution is -2.47. The molecule has 1 heterocycles. The molecule has 0 spiro atoms. The van der Waals surface area contributed by atoms with Crippen molar-refractivity contribution in [3.63, 3.8) is 0 Å². The molecule has 0 atom stereocenters. The van der Waals surface area contributed by atoms with E-state index in [0.29, 0.717) is 26.1 Å². The first-order valence-electron chi connectivity index (χ1n) is 24.5. The van der Waals surface area contributed by atoms with Gasteiger partial charge in [0.2, 0.25) is 0 Å². The van der Waals surface area contributed by atoms with E-state index in [9.17, 15) is 9.59 Å². The minimum absolute atomic E-state index is 0.0698. The lowest BCUT2D eigenvalue weighted by Gasteiger charge is -2.34. The van der Waals surface area contributed by atoms with Crippen molar-refractivity contribution in [2.75, 3.05) is 102 Å². The van der Waals surface area contributed by atoms with Crippen LogP contribution in [0.5, 0.6) is 0 Å². The molecule has 0 saturated carbocycles. The first-order valence-corrected chi connectivity index (χ1v) is 28.5. The fraction of sp³-hybridized carbons (Fsp3) is 0.958. The zero-order chi connectivity index (χ0) is 43.8. The van der Waals surface area contributed by atoms with Crippen LogP contribution >= 0.6 is 47.0 Å². The number of ether oxygens (including phenoxy) is 4. The molecule has 0 aromatic carbocycles. The second-order valence-corrected chi connectivity index (χ2v) is 24.8. The molecule has 0 bridgehead atoms. The van der Waals surface area contributed by atoms with Crippen LogP contribution in [-0.4, -0.2) is 132 Å². The molecule has 1 rings (SSSR count). The topological polar surface area (TPSA) is 77.5 Å². The molecule has 0 radical (unpaired) electrons. The highest BCUT2D eigenvalue weighted by atomic mass is 32.2. The molecule has 0 aliphatic carbocycles. The van der Waals surface area contributed by atoms with Gasteiger partial charge in [0.25, 0.3) is 0 Å². The number of piperazine rings is 1. The molecular weight excluding hydrogens is 829 g/mol. The number of thioether (sulfide) groups is 4. The molecule has 356 valence electrons. The maximum absolute atomic E-state index is 12.4. The predicted molar refractivity (Wildman–Crippen MR) is 267 cm³/mol. The van der Waals surface area contributed by atoms with Crippen LogP contribution in [0.3, 0.4) is 0 Å². The molecule has 1 saturated heterocycles. The van der Waals surface area contributed by atoms with E-state index < -0.39 is 0 Å². The molecule has 60 heavy (non-hydrogen) atoms. The summed E-state index contributed by atoms with van der Waals surface area (Å²) in [6.07, 6.45) is 27.9. The first-order chi connectivity index (χ1) is 29.1. The predicted octanol–water partition coefficient (Wildman–Crippen LogP) is 12.8. The van der Waals surface area contributed by atoms with Crippen molar-refractivity contribution in [1.29, 1.82) is 0 Å². The van der Waals surface area contributed by atoms with Crippen molar-refractivity contribution in [3.05, 3.63) is 0 Å². The number of hydrogen-bond donors (Lipinski definition) is 0. The van der Waals surface area contributed by atoms with E-state index in [1.54, 1.807) is 0 Å². The number of rotatable bonds is 44. The van der Waals surface area contributed by atoms with Gasteiger partial charge in [-0.05, 0) is 40.5 Å². The molecule has 1 aliphatic heterocycles. The standard InChI is InChI=1S/C48H94N2O6S4/c1-7-9-11-13-15-17-19-21-23-25-35-53-37-41-57-47(3,4)59-43-39-55-45(51)27-29-49-31-33-50(34-32-49)30-28-46(52)56-40-44-60-48(5,6)58-42-38-54-36-26-24-22-20-18-16-14-12-10-8-2/h7-44H2,1-6H3. The van der Waals surface area contributed by atoms with Crippen molar-refractivity contribution in [2.24, 2.45) is 0 Å². The van der Waals surface area contributed by atoms with Crippen LogP contribution in [0.4, 0.5) is 0 Å². The van der Waals surface area contributed by atoms with Crippen LogP contribution in [0.2, 0.25) is 0 Å². The zero-order valence-corrected chi connectivity index (χ0v) is 43.1. The highest BCUT2D eigenvalue weighted by Gasteiger charge is 2.22. The quantitative estimate of drug-likeness (QED) is 0.0332. The van der Waals surface area contributed by atoms with E-state index in [1.165, 1.54) is 128 Å². The summed E-state index contributed by atoms with van der Waals surface area (Å²) in [7, 11) is 0. The van der Waals surface area contributed by atoms with Crippen molar-refractivity contribution < 1.29 is 28.5 Å². The number of esters is 2. The summed E-state index contributed by atoms with van der Waals surface area (Å²) in [5.74, 6) is 3.35. The highest BCUT2D eigenvalue weighted by Crippen LogP contribution is 2.37. The Kier molecular flexibility index (Phi) is 39.4. The highest BCUT2D eigenvalue weighted by molar-refractivity contribution is 8.18. The van der Waals surface area contributed by atoms with Crippen LogP contribution in [0.25, 0.3) is 0 Å². The molecule has 0 aromatic rings. The average molecular weight is 924 g/mol. The molecular formula is C48H94N2O6S4. The average Bonchev–Trinajstić information content (AvgIpc) is 3.23. The summed E-state index contributed by atoms with van der Waals surface area (Å²) in [6.45, 7) is 22.9. The Balaban J connectivity index is 1.94. The third-order valence-electron chi connectivity index (χ3n) is 11.0. The Morgan fingerprint density at radius 2 is 0.700 bits per heavy atom. The van der Waals surface area contributed by atoms with Crippen molar-refractivity contribution in [3.8, 4) is 0 Å². The van der Waals surface area contributed by atoms with E-state index >= 15 is 0 Å². The van der Waals surface area contributed by atoms with Gasteiger partial charge in [-0.3, -0.25) is 9.59 Å². The monoisotopic (exact) mass is 923 g/mol. The summed E-state index contributed by atoms with van der Waals surface area (Å²) >= 11 is 7.54. The molecule has 0 N–H and O–H groups in total. The largest absolute Gasteiger partial charge is 0.465 e. The van der Waals surface area contributed by atoms with Gasteiger partial charge in [0.05, 0.1) is 34.2 Å². The van der Waals surface area contributed by atoms with Gasteiger partial charge in [-0.25, -0.2) is 0 Å². The smallest absolute Gasteiger partial charge is 0.307 e. The van der Waals surface area contributed by atoms with E-state index in [1.807, 2.05) is 47.0 Å². The number of hydrogen-bond acceptors (Lipinski definition) is 12. The normalized spacial score (nSPS) is 14.2. The van der Waals surface area contributed by atoms with Gasteiger partial charge in [-0.1, -0.05) is 129 Å². The van der Waals surface area contributed by atoms with Gasteiger partial charge in [0.15, 0.2) is 0 Å². The SMILES string of the molecule is CCCCCCCCCCCCOCCSC(C)(C)SCCOC(=O)CCN1CCN(CCC(=O)OCCSC(C)(C)SCCOCCCCCCCCCCCC)CC1. The number of carbonyl (C=O) groups excluding carboxylic acids is 2. The lowest BCUT2D eigenvalue weighted by atomic mass is 10.1. The minimum Gasteiger partial charge on any atom is -0.465 e. The van der Waals surface area contributed by atoms with Crippen LogP contribution in [0.1, 0.15) is 183 Å². The summed E-state index contributed by atoms with van der Waals surface area (Å²) in [6, 6.07) is 0. The second kappa shape index (κ2) is 40.7. The molecule has 12 heteroatoms. The second-order valence-electron chi connectivity index (χ2n) is 17.4. The summed E-state index contributed by atoms with van der Waals surface area (Å²) in [5.41, 5.74) is 0. The van der Waals surface area contributed by atoms with E-state index in [4.69, 9.17) is 18.9 Å². The number of carbonyl (C=O) groups is 2. The van der Waals surface area contributed by atoms with Gasteiger partial charge in [-0.2, -0.15) is 0 Å². The summed E-state index contributed by atoms with van der Waals surface area (Å²) in [4.78, 5) is 29.5. The van der Waals surface area contributed by atoms with Gasteiger partial charge in [-0.15, -0.1) is 47.0 Å². The van der Waals surface area contributed by atoms with Gasteiger partial charge in [0, 0.05) is 75.5 Å². The van der Waals surface area contributed by atoms with Crippen LogP contribution in [0, 0.1) is 0 Å². The summed E-state index contributed by atoms with van der Waals surface area (Å²) < 4.78 is 23.0. The Morgan fingerprint density at radius 3 is 1.02 bits per heavy atom.